The van der Waals surface area contributed by atoms with Gasteiger partial charge in [0.05, 0.1) is 5.56 Å². The number of benzene rings is 2. The number of carboxylic acids is 1. The largest absolute Gasteiger partial charge is 0.478 e. The number of nitrogens with one attached hydrogen (secondary N) is 2. The summed E-state index contributed by atoms with van der Waals surface area (Å²) < 4.78 is 0. The minimum absolute atomic E-state index is 0.205. The van der Waals surface area contributed by atoms with E-state index >= 15 is 0 Å². The summed E-state index contributed by atoms with van der Waals surface area (Å²) >= 11 is 6.13. The second-order valence-corrected chi connectivity index (χ2v) is 5.63. The van der Waals surface area contributed by atoms with Crippen LogP contribution in [-0.4, -0.2) is 21.0 Å². The summed E-state index contributed by atoms with van der Waals surface area (Å²) in [6.07, 6.45) is 1.62. The fourth-order valence-electron chi connectivity index (χ4n) is 2.21. The van der Waals surface area contributed by atoms with Gasteiger partial charge in [-0.3, -0.25) is 0 Å². The third-order valence-corrected chi connectivity index (χ3v) is 3.80. The SMILES string of the molecule is O=C(O)c1cccc(Nc2ccnc(NCc3ccccc3Cl)n2)c1. The van der Waals surface area contributed by atoms with Crippen molar-refractivity contribution in [2.24, 2.45) is 0 Å². The second-order valence-electron chi connectivity index (χ2n) is 5.22. The Hall–Kier alpha value is -3.12. The molecule has 0 aliphatic carbocycles. The average Bonchev–Trinajstić information content (AvgIpc) is 2.61. The Bertz CT molecular complexity index is 902. The van der Waals surface area contributed by atoms with Crippen molar-refractivity contribution >= 4 is 35.0 Å². The van der Waals surface area contributed by atoms with Gasteiger partial charge < -0.3 is 15.7 Å². The molecule has 0 bridgehead atoms. The smallest absolute Gasteiger partial charge is 0.335 e. The van der Waals surface area contributed by atoms with E-state index in [1.54, 1.807) is 30.5 Å². The number of hydrogen-bond donors (Lipinski definition) is 3. The highest BCUT2D eigenvalue weighted by Gasteiger charge is 2.05. The summed E-state index contributed by atoms with van der Waals surface area (Å²) in [7, 11) is 0. The number of nitrogens with zero attached hydrogens (tertiary/aromatic N) is 2. The minimum atomic E-state index is -0.978. The number of carboxylic acid groups (broad SMARTS) is 1. The fraction of sp³-hybridized carbons (Fsp3) is 0.0556. The molecule has 3 aromatic rings. The average molecular weight is 355 g/mol. The zero-order chi connectivity index (χ0) is 17.6. The molecule has 25 heavy (non-hydrogen) atoms. The van der Waals surface area contributed by atoms with E-state index in [2.05, 4.69) is 20.6 Å². The van der Waals surface area contributed by atoms with Crippen molar-refractivity contribution in [1.82, 2.24) is 9.97 Å². The molecular formula is C18H15ClN4O2. The molecule has 0 fully saturated rings. The molecule has 1 aromatic heterocycles. The van der Waals surface area contributed by atoms with Crippen LogP contribution in [0.2, 0.25) is 5.02 Å². The van der Waals surface area contributed by atoms with Gasteiger partial charge in [0.15, 0.2) is 0 Å². The topological polar surface area (TPSA) is 87.1 Å². The van der Waals surface area contributed by atoms with Gasteiger partial charge in [-0.05, 0) is 35.9 Å². The lowest BCUT2D eigenvalue weighted by atomic mass is 10.2. The Balaban J connectivity index is 1.70. The fourth-order valence-corrected chi connectivity index (χ4v) is 2.41. The van der Waals surface area contributed by atoms with Crippen LogP contribution in [-0.2, 0) is 6.54 Å². The number of anilines is 3. The lowest BCUT2D eigenvalue weighted by Gasteiger charge is -2.09. The van der Waals surface area contributed by atoms with Crippen LogP contribution in [0.25, 0.3) is 0 Å². The number of carbonyl (C=O) groups is 1. The van der Waals surface area contributed by atoms with Crippen LogP contribution in [0.15, 0.2) is 60.8 Å². The maximum atomic E-state index is 11.0. The minimum Gasteiger partial charge on any atom is -0.478 e. The first-order chi connectivity index (χ1) is 12.1. The lowest BCUT2D eigenvalue weighted by molar-refractivity contribution is 0.0697. The molecule has 0 saturated heterocycles. The number of aromatic nitrogens is 2. The van der Waals surface area contributed by atoms with Crippen LogP contribution >= 0.6 is 11.6 Å². The van der Waals surface area contributed by atoms with Gasteiger partial charge in [-0.2, -0.15) is 4.98 Å². The number of aromatic carboxylic acids is 1. The normalized spacial score (nSPS) is 10.3. The van der Waals surface area contributed by atoms with Crippen molar-refractivity contribution in [3.05, 3.63) is 76.9 Å². The highest BCUT2D eigenvalue weighted by Crippen LogP contribution is 2.18. The highest BCUT2D eigenvalue weighted by atomic mass is 35.5. The molecule has 1 heterocycles. The second kappa shape index (κ2) is 7.63. The van der Waals surface area contributed by atoms with Crippen molar-refractivity contribution in [1.29, 1.82) is 0 Å². The molecule has 6 nitrogen and oxygen atoms in total. The molecule has 126 valence electrons. The van der Waals surface area contributed by atoms with Gasteiger partial charge in [0, 0.05) is 23.5 Å². The zero-order valence-corrected chi connectivity index (χ0v) is 13.9. The van der Waals surface area contributed by atoms with E-state index < -0.39 is 5.97 Å². The van der Waals surface area contributed by atoms with Gasteiger partial charge in [-0.15, -0.1) is 0 Å². The molecule has 7 heteroatoms. The molecule has 2 aromatic carbocycles. The first-order valence-electron chi connectivity index (χ1n) is 7.52. The summed E-state index contributed by atoms with van der Waals surface area (Å²) in [4.78, 5) is 19.6. The summed E-state index contributed by atoms with van der Waals surface area (Å²) in [6, 6.07) is 15.8. The van der Waals surface area contributed by atoms with Gasteiger partial charge in [-0.25, -0.2) is 9.78 Å². The van der Waals surface area contributed by atoms with Crippen molar-refractivity contribution in [3.63, 3.8) is 0 Å². The summed E-state index contributed by atoms with van der Waals surface area (Å²) in [5.41, 5.74) is 1.78. The monoisotopic (exact) mass is 354 g/mol. The molecular weight excluding hydrogens is 340 g/mol. The predicted octanol–water partition coefficient (Wildman–Crippen LogP) is 4.18. The maximum absolute atomic E-state index is 11.0. The molecule has 0 amide bonds. The molecule has 0 radical (unpaired) electrons. The third-order valence-electron chi connectivity index (χ3n) is 3.43. The van der Waals surface area contributed by atoms with Gasteiger partial charge in [-0.1, -0.05) is 35.9 Å². The standard InChI is InChI=1S/C18H15ClN4O2/c19-15-7-2-1-4-13(15)11-21-18-20-9-8-16(23-18)22-14-6-3-5-12(10-14)17(24)25/h1-10H,11H2,(H,24,25)(H2,20,21,22,23). The van der Waals surface area contributed by atoms with E-state index in [9.17, 15) is 4.79 Å². The van der Waals surface area contributed by atoms with Gasteiger partial charge in [0.25, 0.3) is 0 Å². The maximum Gasteiger partial charge on any atom is 0.335 e. The first kappa shape index (κ1) is 16.7. The molecule has 0 spiro atoms. The Morgan fingerprint density at radius 1 is 1.12 bits per heavy atom. The highest BCUT2D eigenvalue weighted by molar-refractivity contribution is 6.31. The Morgan fingerprint density at radius 3 is 2.76 bits per heavy atom. The Morgan fingerprint density at radius 2 is 1.96 bits per heavy atom. The molecule has 0 aliphatic heterocycles. The van der Waals surface area contributed by atoms with Gasteiger partial charge >= 0.3 is 5.97 Å². The molecule has 0 atom stereocenters. The predicted molar refractivity (Wildman–Crippen MR) is 97.5 cm³/mol. The van der Waals surface area contributed by atoms with Crippen LogP contribution in [0.4, 0.5) is 17.5 Å². The van der Waals surface area contributed by atoms with E-state index in [4.69, 9.17) is 16.7 Å². The van der Waals surface area contributed by atoms with Crippen LogP contribution in [0, 0.1) is 0 Å². The third kappa shape index (κ3) is 4.45. The lowest BCUT2D eigenvalue weighted by Crippen LogP contribution is -2.05. The molecule has 3 N–H and O–H groups in total. The van der Waals surface area contributed by atoms with Crippen molar-refractivity contribution in [2.45, 2.75) is 6.54 Å². The molecule has 3 rings (SSSR count). The number of hydrogen-bond acceptors (Lipinski definition) is 5. The summed E-state index contributed by atoms with van der Waals surface area (Å²) in [5.74, 6) is 0.0203. The quantitative estimate of drug-likeness (QED) is 0.615. The van der Waals surface area contributed by atoms with Crippen LogP contribution in [0.3, 0.4) is 0 Å². The van der Waals surface area contributed by atoms with Crippen molar-refractivity contribution in [2.75, 3.05) is 10.6 Å². The van der Waals surface area contributed by atoms with Gasteiger partial charge in [0.1, 0.15) is 5.82 Å². The molecule has 0 saturated carbocycles. The number of halogens is 1. The van der Waals surface area contributed by atoms with Crippen LogP contribution < -0.4 is 10.6 Å². The number of rotatable bonds is 6. The van der Waals surface area contributed by atoms with Crippen LogP contribution in [0.1, 0.15) is 15.9 Å². The Labute approximate surface area is 149 Å². The van der Waals surface area contributed by atoms with Crippen molar-refractivity contribution < 1.29 is 9.90 Å². The van der Waals surface area contributed by atoms with E-state index in [-0.39, 0.29) is 5.56 Å². The van der Waals surface area contributed by atoms with E-state index in [0.29, 0.717) is 29.0 Å². The molecule has 0 aliphatic rings. The van der Waals surface area contributed by atoms with Crippen molar-refractivity contribution in [3.8, 4) is 0 Å². The zero-order valence-electron chi connectivity index (χ0n) is 13.1. The van der Waals surface area contributed by atoms with Crippen LogP contribution in [0.5, 0.6) is 0 Å². The summed E-state index contributed by atoms with van der Waals surface area (Å²) in [6.45, 7) is 0.498. The molecule has 0 unspecified atom stereocenters. The Kier molecular flexibility index (Phi) is 5.11. The van der Waals surface area contributed by atoms with E-state index in [0.717, 1.165) is 5.56 Å². The summed E-state index contributed by atoms with van der Waals surface area (Å²) in [5, 5.41) is 15.9. The first-order valence-corrected chi connectivity index (χ1v) is 7.90. The van der Waals surface area contributed by atoms with E-state index in [1.807, 2.05) is 24.3 Å². The van der Waals surface area contributed by atoms with E-state index in [1.165, 1.54) is 6.07 Å². The van der Waals surface area contributed by atoms with Gasteiger partial charge in [0.2, 0.25) is 5.95 Å².